The van der Waals surface area contributed by atoms with Gasteiger partial charge in [0.1, 0.15) is 48.8 Å². The SMILES string of the molecule is O=C(Br)CC1(O)O[C@H](CO)[C@@H](O[C@@H]2O[C@H](CO)[C@H](O)[C@H](O)[C@H]2O)[C@H](O)[C@H]1O. The molecule has 0 saturated carbocycles. The zero-order chi connectivity index (χ0) is 20.5. The summed E-state index contributed by atoms with van der Waals surface area (Å²) in [6.07, 6.45) is -15.8. The van der Waals surface area contributed by atoms with E-state index in [-0.39, 0.29) is 0 Å². The summed E-state index contributed by atoms with van der Waals surface area (Å²) in [7, 11) is 0. The first-order valence-corrected chi connectivity index (χ1v) is 8.86. The molecule has 2 aliphatic heterocycles. The van der Waals surface area contributed by atoms with Crippen molar-refractivity contribution in [3.05, 3.63) is 0 Å². The summed E-state index contributed by atoms with van der Waals surface area (Å²) in [5, 5.41) is 78.9. The van der Waals surface area contributed by atoms with E-state index in [2.05, 4.69) is 15.9 Å². The number of hydrogen-bond donors (Lipinski definition) is 8. The van der Waals surface area contributed by atoms with E-state index < -0.39 is 85.2 Å². The molecule has 13 heteroatoms. The normalized spacial score (nSPS) is 48.4. The molecule has 8 N–H and O–H groups in total. The van der Waals surface area contributed by atoms with Crippen LogP contribution in [0.25, 0.3) is 0 Å². The number of halogens is 1. The quantitative estimate of drug-likeness (QED) is 0.175. The molecule has 0 bridgehead atoms. The van der Waals surface area contributed by atoms with Crippen LogP contribution < -0.4 is 0 Å². The van der Waals surface area contributed by atoms with Gasteiger partial charge in [0.15, 0.2) is 6.29 Å². The Balaban J connectivity index is 2.18. The minimum Gasteiger partial charge on any atom is -0.394 e. The highest BCUT2D eigenvalue weighted by molar-refractivity contribution is 9.18. The van der Waals surface area contributed by atoms with Crippen LogP contribution in [0.15, 0.2) is 0 Å². The summed E-state index contributed by atoms with van der Waals surface area (Å²) in [6.45, 7) is -1.53. The van der Waals surface area contributed by atoms with Gasteiger partial charge in [-0.2, -0.15) is 0 Å². The zero-order valence-corrected chi connectivity index (χ0v) is 15.5. The highest BCUT2D eigenvalue weighted by atomic mass is 79.9. The Morgan fingerprint density at radius 2 is 1.56 bits per heavy atom. The van der Waals surface area contributed by atoms with E-state index in [4.69, 9.17) is 14.2 Å². The molecule has 27 heavy (non-hydrogen) atoms. The van der Waals surface area contributed by atoms with E-state index in [0.717, 1.165) is 0 Å². The maximum Gasteiger partial charge on any atom is 0.203 e. The Labute approximate surface area is 161 Å². The molecule has 2 fully saturated rings. The second-order valence-corrected chi connectivity index (χ2v) is 7.33. The molecule has 0 aromatic carbocycles. The summed E-state index contributed by atoms with van der Waals surface area (Å²) in [5.41, 5.74) is 0. The molecule has 0 spiro atoms. The predicted octanol–water partition coefficient (Wildman–Crippen LogP) is -4.72. The second-order valence-electron chi connectivity index (χ2n) is 6.45. The monoisotopic (exact) mass is 462 g/mol. The van der Waals surface area contributed by atoms with Gasteiger partial charge in [0, 0.05) is 0 Å². The largest absolute Gasteiger partial charge is 0.394 e. The number of aliphatic hydroxyl groups excluding tert-OH is 7. The lowest BCUT2D eigenvalue weighted by Crippen LogP contribution is -2.68. The van der Waals surface area contributed by atoms with E-state index in [9.17, 15) is 45.6 Å². The van der Waals surface area contributed by atoms with Crippen LogP contribution in [0.5, 0.6) is 0 Å². The maximum absolute atomic E-state index is 11.2. The third-order valence-electron chi connectivity index (χ3n) is 4.56. The number of carbonyl (C=O) groups excluding carboxylic acids is 1. The number of carbonyl (C=O) groups is 1. The molecule has 2 rings (SSSR count). The van der Waals surface area contributed by atoms with Gasteiger partial charge < -0.3 is 55.1 Å². The van der Waals surface area contributed by atoms with Crippen molar-refractivity contribution in [1.29, 1.82) is 0 Å². The van der Waals surface area contributed by atoms with Crippen molar-refractivity contribution in [2.45, 2.75) is 67.3 Å². The van der Waals surface area contributed by atoms with E-state index >= 15 is 0 Å². The van der Waals surface area contributed by atoms with Gasteiger partial charge in [-0.15, -0.1) is 0 Å². The van der Waals surface area contributed by atoms with Crippen molar-refractivity contribution in [3.8, 4) is 0 Å². The van der Waals surface area contributed by atoms with Crippen molar-refractivity contribution in [3.63, 3.8) is 0 Å². The van der Waals surface area contributed by atoms with Crippen molar-refractivity contribution in [2.24, 2.45) is 0 Å². The average Bonchev–Trinajstić information content (AvgIpc) is 2.61. The van der Waals surface area contributed by atoms with Crippen LogP contribution in [0.3, 0.4) is 0 Å². The molecule has 2 saturated heterocycles. The molecule has 0 aromatic rings. The van der Waals surface area contributed by atoms with Crippen molar-refractivity contribution < 1.29 is 59.9 Å². The predicted molar refractivity (Wildman–Crippen MR) is 86.1 cm³/mol. The number of ether oxygens (including phenoxy) is 3. The highest BCUT2D eigenvalue weighted by Gasteiger charge is 2.56. The van der Waals surface area contributed by atoms with Gasteiger partial charge in [-0.1, -0.05) is 0 Å². The number of aliphatic hydroxyl groups is 8. The van der Waals surface area contributed by atoms with Crippen LogP contribution in [-0.2, 0) is 19.0 Å². The molecule has 10 atom stereocenters. The smallest absolute Gasteiger partial charge is 0.203 e. The van der Waals surface area contributed by atoms with Gasteiger partial charge in [0.25, 0.3) is 0 Å². The van der Waals surface area contributed by atoms with Crippen molar-refractivity contribution in [2.75, 3.05) is 13.2 Å². The van der Waals surface area contributed by atoms with E-state index in [1.165, 1.54) is 0 Å². The molecule has 2 heterocycles. The second kappa shape index (κ2) is 9.02. The number of hydrogen-bond acceptors (Lipinski definition) is 12. The molecule has 12 nitrogen and oxygen atoms in total. The molecule has 0 radical (unpaired) electrons. The minimum atomic E-state index is -2.51. The Kier molecular flexibility index (Phi) is 7.68. The van der Waals surface area contributed by atoms with E-state index in [0.29, 0.717) is 0 Å². The molecule has 1 unspecified atom stereocenters. The maximum atomic E-state index is 11.2. The fourth-order valence-corrected chi connectivity index (χ4v) is 3.46. The molecule has 0 aromatic heterocycles. The highest BCUT2D eigenvalue weighted by Crippen LogP contribution is 2.34. The molecule has 2 aliphatic rings. The standard InChI is InChI=1S/C14H23BrO12/c15-6(18)1-14(24)12(23)10(22)11(5(3-17)27-14)26-13-9(21)8(20)7(19)4(2-16)25-13/h4-5,7-13,16-17,19-24H,1-3H2/t4-,5-,7+,8+,9-,10+,11-,12-,13+,14?/m1/s1. The average molecular weight is 463 g/mol. The summed E-state index contributed by atoms with van der Waals surface area (Å²) >= 11 is 2.57. The van der Waals surface area contributed by atoms with Crippen LogP contribution in [0, 0.1) is 0 Å². The van der Waals surface area contributed by atoms with Crippen LogP contribution in [0.4, 0.5) is 0 Å². The third-order valence-corrected chi connectivity index (χ3v) is 4.84. The topological polar surface area (TPSA) is 207 Å². The fraction of sp³-hybridized carbons (Fsp3) is 0.929. The lowest BCUT2D eigenvalue weighted by Gasteiger charge is -2.48. The molecule has 0 amide bonds. The fourth-order valence-electron chi connectivity index (χ4n) is 3.05. The van der Waals surface area contributed by atoms with E-state index in [1.54, 1.807) is 0 Å². The Morgan fingerprint density at radius 3 is 2.07 bits per heavy atom. The summed E-state index contributed by atoms with van der Waals surface area (Å²) < 4.78 is 14.9. The number of rotatable bonds is 6. The molecule has 0 aliphatic carbocycles. The van der Waals surface area contributed by atoms with Gasteiger partial charge in [0.05, 0.1) is 19.6 Å². The molecule has 158 valence electrons. The zero-order valence-electron chi connectivity index (χ0n) is 13.9. The minimum absolute atomic E-state index is 0.715. The summed E-state index contributed by atoms with van der Waals surface area (Å²) in [4.78, 5) is 11.2. The van der Waals surface area contributed by atoms with Crippen LogP contribution in [0.2, 0.25) is 0 Å². The molecular formula is C14H23BrO12. The van der Waals surface area contributed by atoms with Gasteiger partial charge in [-0.25, -0.2) is 0 Å². The van der Waals surface area contributed by atoms with Crippen LogP contribution >= 0.6 is 15.9 Å². The Hall–Kier alpha value is -0.290. The van der Waals surface area contributed by atoms with Gasteiger partial charge in [0.2, 0.25) is 10.5 Å². The third kappa shape index (κ3) is 4.66. The van der Waals surface area contributed by atoms with Crippen molar-refractivity contribution in [1.82, 2.24) is 0 Å². The first kappa shape index (κ1) is 23.0. The first-order valence-electron chi connectivity index (χ1n) is 8.07. The van der Waals surface area contributed by atoms with Crippen molar-refractivity contribution >= 4 is 20.6 Å². The van der Waals surface area contributed by atoms with Crippen LogP contribution in [-0.4, -0.2) is 120 Å². The summed E-state index contributed by atoms with van der Waals surface area (Å²) in [6, 6.07) is 0. The van der Waals surface area contributed by atoms with Gasteiger partial charge >= 0.3 is 0 Å². The Morgan fingerprint density at radius 1 is 0.963 bits per heavy atom. The first-order chi connectivity index (χ1) is 12.6. The van der Waals surface area contributed by atoms with E-state index in [1.807, 2.05) is 0 Å². The van der Waals surface area contributed by atoms with Crippen LogP contribution in [0.1, 0.15) is 6.42 Å². The van der Waals surface area contributed by atoms with Gasteiger partial charge in [-0.05, 0) is 15.9 Å². The molecular weight excluding hydrogens is 440 g/mol. The lowest BCUT2D eigenvalue weighted by atomic mass is 9.90. The lowest BCUT2D eigenvalue weighted by molar-refractivity contribution is -0.382. The summed E-state index contributed by atoms with van der Waals surface area (Å²) in [5.74, 6) is -2.51. The Bertz CT molecular complexity index is 518. The van der Waals surface area contributed by atoms with Gasteiger partial charge in [-0.3, -0.25) is 4.79 Å².